The normalized spacial score (nSPS) is 18.0. The van der Waals surface area contributed by atoms with E-state index in [1.165, 1.54) is 16.3 Å². The predicted octanol–water partition coefficient (Wildman–Crippen LogP) is 1.53. The van der Waals surface area contributed by atoms with Crippen LogP contribution in [0.3, 0.4) is 0 Å². The van der Waals surface area contributed by atoms with Gasteiger partial charge in [0, 0.05) is 12.6 Å². The van der Waals surface area contributed by atoms with E-state index in [9.17, 15) is 18.0 Å². The lowest BCUT2D eigenvalue weighted by molar-refractivity contribution is -0.130. The molecule has 1 atom stereocenters. The van der Waals surface area contributed by atoms with Crippen LogP contribution >= 0.6 is 11.8 Å². The fourth-order valence-corrected chi connectivity index (χ4v) is 5.95. The van der Waals surface area contributed by atoms with Gasteiger partial charge >= 0.3 is 5.69 Å². The van der Waals surface area contributed by atoms with Crippen LogP contribution in [-0.4, -0.2) is 63.8 Å². The average molecular weight is 439 g/mol. The second kappa shape index (κ2) is 9.62. The Balaban J connectivity index is 1.68. The highest BCUT2D eigenvalue weighted by Crippen LogP contribution is 2.21. The molecule has 8 nitrogen and oxygen atoms in total. The highest BCUT2D eigenvalue weighted by atomic mass is 32.2. The van der Waals surface area contributed by atoms with Crippen molar-refractivity contribution in [3.63, 3.8) is 0 Å². The number of rotatable bonds is 9. The fourth-order valence-electron chi connectivity index (χ4n) is 3.39. The van der Waals surface area contributed by atoms with Gasteiger partial charge in [-0.1, -0.05) is 55.4 Å². The molecule has 0 radical (unpaired) electrons. The van der Waals surface area contributed by atoms with Crippen LogP contribution in [-0.2, 0) is 21.2 Å². The summed E-state index contributed by atoms with van der Waals surface area (Å²) in [6.45, 7) is 2.95. The Kier molecular flexibility index (Phi) is 7.18. The lowest BCUT2D eigenvalue weighted by Gasteiger charge is -2.28. The molecule has 3 rings (SSSR count). The molecule has 0 bridgehead atoms. The second-order valence-corrected chi connectivity index (χ2v) is 10.3. The monoisotopic (exact) mass is 438 g/mol. The third-order valence-electron chi connectivity index (χ3n) is 4.95. The number of nitrogens with zero attached hydrogens (tertiary/aromatic N) is 3. The van der Waals surface area contributed by atoms with Crippen LogP contribution in [0.15, 0.2) is 40.3 Å². The number of aromatic amines is 1. The van der Waals surface area contributed by atoms with E-state index in [-0.39, 0.29) is 34.9 Å². The van der Waals surface area contributed by atoms with Crippen molar-refractivity contribution in [3.8, 4) is 0 Å². The summed E-state index contributed by atoms with van der Waals surface area (Å²) in [5.41, 5.74) is 0.637. The third-order valence-corrected chi connectivity index (χ3v) is 7.67. The molecule has 0 unspecified atom stereocenters. The van der Waals surface area contributed by atoms with Crippen LogP contribution in [0.25, 0.3) is 0 Å². The van der Waals surface area contributed by atoms with E-state index in [2.05, 4.69) is 10.2 Å². The summed E-state index contributed by atoms with van der Waals surface area (Å²) in [6, 6.07) is 9.29. The highest BCUT2D eigenvalue weighted by molar-refractivity contribution is 7.99. The molecule has 0 aliphatic carbocycles. The topological polar surface area (TPSA) is 105 Å². The molecule has 0 spiro atoms. The first kappa shape index (κ1) is 21.6. The number of nitrogens with one attached hydrogen (secondary N) is 1. The molecule has 1 aliphatic heterocycles. The van der Waals surface area contributed by atoms with Gasteiger partial charge in [-0.3, -0.25) is 9.36 Å². The third kappa shape index (κ3) is 5.72. The van der Waals surface area contributed by atoms with Gasteiger partial charge in [-0.25, -0.2) is 18.3 Å². The fraction of sp³-hybridized carbons (Fsp3) is 0.526. The lowest BCUT2D eigenvalue weighted by Crippen LogP contribution is -2.42. The van der Waals surface area contributed by atoms with Crippen LogP contribution in [0, 0.1) is 0 Å². The number of thioether (sulfide) groups is 1. The largest absolute Gasteiger partial charge is 0.344 e. The smallest absolute Gasteiger partial charge is 0.338 e. The van der Waals surface area contributed by atoms with E-state index in [1.807, 2.05) is 37.3 Å². The van der Waals surface area contributed by atoms with Gasteiger partial charge in [0.25, 0.3) is 0 Å². The van der Waals surface area contributed by atoms with E-state index < -0.39 is 9.84 Å². The van der Waals surface area contributed by atoms with Gasteiger partial charge in [0.1, 0.15) is 0 Å². The maximum Gasteiger partial charge on any atom is 0.344 e. The first-order valence-electron chi connectivity index (χ1n) is 9.71. The van der Waals surface area contributed by atoms with Gasteiger partial charge in [0.15, 0.2) is 15.0 Å². The Labute approximate surface area is 174 Å². The zero-order valence-corrected chi connectivity index (χ0v) is 18.0. The highest BCUT2D eigenvalue weighted by Gasteiger charge is 2.34. The molecule has 2 heterocycles. The predicted molar refractivity (Wildman–Crippen MR) is 113 cm³/mol. The van der Waals surface area contributed by atoms with Crippen LogP contribution in [0.2, 0.25) is 0 Å². The molecular weight excluding hydrogens is 412 g/mol. The molecule has 1 aromatic heterocycles. The number of aromatic nitrogens is 3. The quantitative estimate of drug-likeness (QED) is 0.595. The van der Waals surface area contributed by atoms with E-state index in [1.54, 1.807) is 4.90 Å². The average Bonchev–Trinajstić information content (AvgIpc) is 3.23. The number of sulfone groups is 1. The van der Waals surface area contributed by atoms with Crippen molar-refractivity contribution in [1.82, 2.24) is 19.7 Å². The minimum Gasteiger partial charge on any atom is -0.338 e. The minimum atomic E-state index is -3.07. The van der Waals surface area contributed by atoms with Gasteiger partial charge in [0.05, 0.1) is 23.8 Å². The Morgan fingerprint density at radius 1 is 1.34 bits per heavy atom. The maximum atomic E-state index is 12.9. The number of H-pyrrole nitrogens is 1. The van der Waals surface area contributed by atoms with Crippen LogP contribution in [0.4, 0.5) is 0 Å². The molecule has 1 fully saturated rings. The summed E-state index contributed by atoms with van der Waals surface area (Å²) in [4.78, 5) is 26.7. The number of amides is 1. The van der Waals surface area contributed by atoms with Crippen molar-refractivity contribution in [2.75, 3.05) is 23.8 Å². The number of benzene rings is 1. The first-order valence-corrected chi connectivity index (χ1v) is 12.5. The van der Waals surface area contributed by atoms with Crippen molar-refractivity contribution >= 4 is 27.5 Å². The number of carbonyl (C=O) groups is 1. The van der Waals surface area contributed by atoms with Gasteiger partial charge in [-0.2, -0.15) is 0 Å². The number of unbranched alkanes of at least 4 members (excludes halogenated alkanes) is 1. The van der Waals surface area contributed by atoms with Crippen LogP contribution < -0.4 is 5.69 Å². The summed E-state index contributed by atoms with van der Waals surface area (Å²) in [7, 11) is -3.07. The van der Waals surface area contributed by atoms with E-state index in [0.717, 1.165) is 18.4 Å². The van der Waals surface area contributed by atoms with Crippen LogP contribution in [0.5, 0.6) is 0 Å². The summed E-state index contributed by atoms with van der Waals surface area (Å²) in [5, 5.41) is 6.94. The van der Waals surface area contributed by atoms with Gasteiger partial charge in [0.2, 0.25) is 5.91 Å². The number of carbonyl (C=O) groups excluding carboxylic acids is 1. The van der Waals surface area contributed by atoms with E-state index in [0.29, 0.717) is 24.7 Å². The van der Waals surface area contributed by atoms with Crippen LogP contribution in [0.1, 0.15) is 31.7 Å². The lowest BCUT2D eigenvalue weighted by atomic mass is 10.2. The minimum absolute atomic E-state index is 0.0360. The molecule has 10 heteroatoms. The second-order valence-electron chi connectivity index (χ2n) is 7.17. The summed E-state index contributed by atoms with van der Waals surface area (Å²) in [5.74, 6) is 0.164. The van der Waals surface area contributed by atoms with Crippen molar-refractivity contribution in [1.29, 1.82) is 0 Å². The molecule has 1 amide bonds. The number of hydrogen-bond donors (Lipinski definition) is 1. The van der Waals surface area contributed by atoms with Gasteiger partial charge in [-0.05, 0) is 18.4 Å². The molecule has 1 aliphatic rings. The standard InChI is InChI=1S/C19H26N4O4S2/c1-2-3-10-22(16-9-11-29(26,27)14-16)17(24)13-28-19-21-20-18(25)23(19)12-15-7-5-4-6-8-15/h4-8,16H,2-3,9-14H2,1H3,(H,20,25)/t16-/m1/s1. The van der Waals surface area contributed by atoms with Gasteiger partial charge in [-0.15, -0.1) is 5.10 Å². The molecule has 0 saturated carbocycles. The van der Waals surface area contributed by atoms with Crippen molar-refractivity contribution < 1.29 is 13.2 Å². The first-order chi connectivity index (χ1) is 13.9. The number of hydrogen-bond acceptors (Lipinski definition) is 6. The Hall–Kier alpha value is -2.07. The summed E-state index contributed by atoms with van der Waals surface area (Å²) < 4.78 is 25.2. The molecule has 1 aromatic carbocycles. The zero-order valence-electron chi connectivity index (χ0n) is 16.4. The molecule has 1 saturated heterocycles. The summed E-state index contributed by atoms with van der Waals surface area (Å²) in [6.07, 6.45) is 2.24. The Morgan fingerprint density at radius 2 is 2.10 bits per heavy atom. The van der Waals surface area contributed by atoms with E-state index >= 15 is 0 Å². The van der Waals surface area contributed by atoms with Gasteiger partial charge < -0.3 is 4.90 Å². The molecule has 158 valence electrons. The molecule has 29 heavy (non-hydrogen) atoms. The maximum absolute atomic E-state index is 12.9. The van der Waals surface area contributed by atoms with E-state index in [4.69, 9.17) is 0 Å². The van der Waals surface area contributed by atoms with Crippen molar-refractivity contribution in [2.24, 2.45) is 0 Å². The zero-order chi connectivity index (χ0) is 20.9. The van der Waals surface area contributed by atoms with Crippen molar-refractivity contribution in [2.45, 2.75) is 43.9 Å². The molecule has 1 N–H and O–H groups in total. The Bertz CT molecular complexity index is 985. The Morgan fingerprint density at radius 3 is 2.76 bits per heavy atom. The van der Waals surface area contributed by atoms with Crippen molar-refractivity contribution in [3.05, 3.63) is 46.4 Å². The molecular formula is C19H26N4O4S2. The molecule has 2 aromatic rings. The SMILES string of the molecule is CCCCN(C(=O)CSc1n[nH]c(=O)n1Cc1ccccc1)[C@@H]1CCS(=O)(=O)C1. The summed E-state index contributed by atoms with van der Waals surface area (Å²) >= 11 is 1.20.